The lowest BCUT2D eigenvalue weighted by atomic mass is 10.3. The maximum atomic E-state index is 10.1. The third-order valence-electron chi connectivity index (χ3n) is 0.742. The van der Waals surface area contributed by atoms with Crippen molar-refractivity contribution in [1.82, 2.24) is 5.16 Å². The number of primary amides is 1. The highest BCUT2D eigenvalue weighted by atomic mass is 16.5. The van der Waals surface area contributed by atoms with E-state index in [4.69, 9.17) is 5.73 Å². The van der Waals surface area contributed by atoms with Gasteiger partial charge in [-0.3, -0.25) is 4.79 Å². The van der Waals surface area contributed by atoms with Gasteiger partial charge >= 0.3 is 0 Å². The van der Waals surface area contributed by atoms with Gasteiger partial charge < -0.3 is 10.3 Å². The molecule has 0 unspecified atom stereocenters. The Morgan fingerprint density at radius 1 is 1.89 bits per heavy atom. The van der Waals surface area contributed by atoms with E-state index in [1.807, 2.05) is 0 Å². The number of aromatic nitrogens is 1. The molecule has 0 saturated carbocycles. The molecular weight excluding hydrogens is 120 g/mol. The lowest BCUT2D eigenvalue weighted by Gasteiger charge is -1.83. The Bertz CT molecular complexity index is 193. The van der Waals surface area contributed by atoms with Crippen molar-refractivity contribution in [3.8, 4) is 0 Å². The Balaban J connectivity index is 2.58. The minimum absolute atomic E-state index is 0.377. The number of carbonyl (C=O) groups is 1. The van der Waals surface area contributed by atoms with E-state index in [0.717, 1.165) is 6.42 Å². The van der Waals surface area contributed by atoms with E-state index in [1.54, 1.807) is 6.07 Å². The average molecular weight is 125 g/mol. The molecule has 4 heteroatoms. The van der Waals surface area contributed by atoms with Crippen molar-refractivity contribution in [2.75, 3.05) is 0 Å². The van der Waals surface area contributed by atoms with Gasteiger partial charge in [-0.2, -0.15) is 0 Å². The molecule has 1 amide bonds. The highest BCUT2D eigenvalue weighted by Gasteiger charge is 2.00. The SMILES string of the molecule is NC(=O)[CH]c1ccno1. The monoisotopic (exact) mass is 125 g/mol. The van der Waals surface area contributed by atoms with Crippen molar-refractivity contribution in [2.45, 2.75) is 0 Å². The molecule has 0 aliphatic rings. The van der Waals surface area contributed by atoms with Crippen LogP contribution in [0.3, 0.4) is 0 Å². The smallest absolute Gasteiger partial charge is 0.229 e. The molecule has 1 aromatic rings. The van der Waals surface area contributed by atoms with Gasteiger partial charge in [0.1, 0.15) is 12.2 Å². The van der Waals surface area contributed by atoms with Gasteiger partial charge in [0, 0.05) is 6.07 Å². The van der Waals surface area contributed by atoms with Crippen molar-refractivity contribution in [1.29, 1.82) is 0 Å². The first-order valence-corrected chi connectivity index (χ1v) is 2.34. The first kappa shape index (κ1) is 5.81. The summed E-state index contributed by atoms with van der Waals surface area (Å²) in [7, 11) is 0. The lowest BCUT2D eigenvalue weighted by molar-refractivity contribution is -0.114. The zero-order chi connectivity index (χ0) is 6.69. The molecular formula is C5H5N2O2. The summed E-state index contributed by atoms with van der Waals surface area (Å²) in [6.07, 6.45) is 2.60. The van der Waals surface area contributed by atoms with E-state index in [1.165, 1.54) is 6.20 Å². The molecule has 0 fully saturated rings. The van der Waals surface area contributed by atoms with Crippen molar-refractivity contribution in [2.24, 2.45) is 5.73 Å². The van der Waals surface area contributed by atoms with E-state index in [2.05, 4.69) is 9.68 Å². The molecule has 1 heterocycles. The van der Waals surface area contributed by atoms with Gasteiger partial charge in [-0.15, -0.1) is 0 Å². The number of carbonyl (C=O) groups excluding carboxylic acids is 1. The number of hydrogen-bond acceptors (Lipinski definition) is 3. The zero-order valence-corrected chi connectivity index (χ0v) is 4.57. The Hall–Kier alpha value is -1.32. The summed E-state index contributed by atoms with van der Waals surface area (Å²) in [5.74, 6) is -0.158. The molecule has 2 N–H and O–H groups in total. The Labute approximate surface area is 51.6 Å². The highest BCUT2D eigenvalue weighted by molar-refractivity contribution is 5.85. The highest BCUT2D eigenvalue weighted by Crippen LogP contribution is 1.97. The molecule has 0 bridgehead atoms. The van der Waals surface area contributed by atoms with Crippen LogP contribution in [-0.4, -0.2) is 11.1 Å². The number of nitrogens with two attached hydrogens (primary N) is 1. The molecule has 47 valence electrons. The van der Waals surface area contributed by atoms with Gasteiger partial charge in [0.15, 0.2) is 0 Å². The van der Waals surface area contributed by atoms with Gasteiger partial charge in [-0.05, 0) is 0 Å². The fourth-order valence-corrected chi connectivity index (χ4v) is 0.440. The van der Waals surface area contributed by atoms with Gasteiger partial charge in [0.05, 0.1) is 6.20 Å². The van der Waals surface area contributed by atoms with E-state index < -0.39 is 5.91 Å². The zero-order valence-electron chi connectivity index (χ0n) is 4.57. The van der Waals surface area contributed by atoms with Gasteiger partial charge in [0.25, 0.3) is 0 Å². The minimum Gasteiger partial charge on any atom is -0.369 e. The summed E-state index contributed by atoms with van der Waals surface area (Å²) >= 11 is 0. The number of rotatable bonds is 2. The predicted octanol–water partition coefficient (Wildman–Crippen LogP) is -0.288. The van der Waals surface area contributed by atoms with E-state index in [9.17, 15) is 4.79 Å². The van der Waals surface area contributed by atoms with Crippen LogP contribution in [0, 0.1) is 6.42 Å². The third-order valence-corrected chi connectivity index (χ3v) is 0.742. The number of hydrogen-bond donors (Lipinski definition) is 1. The lowest BCUT2D eigenvalue weighted by Crippen LogP contribution is -2.10. The maximum absolute atomic E-state index is 10.1. The van der Waals surface area contributed by atoms with Crippen molar-refractivity contribution >= 4 is 5.91 Å². The van der Waals surface area contributed by atoms with Crippen LogP contribution in [0.25, 0.3) is 0 Å². The van der Waals surface area contributed by atoms with Crippen LogP contribution in [0.4, 0.5) is 0 Å². The summed E-state index contributed by atoms with van der Waals surface area (Å²) < 4.78 is 4.54. The van der Waals surface area contributed by atoms with Crippen LogP contribution in [0.1, 0.15) is 5.76 Å². The predicted molar refractivity (Wildman–Crippen MR) is 29.1 cm³/mol. The van der Waals surface area contributed by atoms with E-state index in [-0.39, 0.29) is 0 Å². The normalized spacial score (nSPS) is 9.33. The van der Waals surface area contributed by atoms with E-state index in [0.29, 0.717) is 5.76 Å². The van der Waals surface area contributed by atoms with Gasteiger partial charge in [0.2, 0.25) is 5.91 Å². The molecule has 9 heavy (non-hydrogen) atoms. The first-order valence-electron chi connectivity index (χ1n) is 2.34. The Morgan fingerprint density at radius 3 is 3.11 bits per heavy atom. The summed E-state index contributed by atoms with van der Waals surface area (Å²) in [5, 5.41) is 3.36. The average Bonchev–Trinajstić information content (AvgIpc) is 2.15. The summed E-state index contributed by atoms with van der Waals surface area (Å²) in [6.45, 7) is 0. The maximum Gasteiger partial charge on any atom is 0.229 e. The third kappa shape index (κ3) is 1.56. The molecule has 0 aromatic carbocycles. The topological polar surface area (TPSA) is 69.1 Å². The molecule has 0 atom stereocenters. The minimum atomic E-state index is -0.535. The van der Waals surface area contributed by atoms with Crippen molar-refractivity contribution in [3.63, 3.8) is 0 Å². The quantitative estimate of drug-likeness (QED) is 0.590. The summed E-state index contributed by atoms with van der Waals surface area (Å²) in [6, 6.07) is 1.55. The second-order valence-electron chi connectivity index (χ2n) is 1.46. The number of amides is 1. The van der Waals surface area contributed by atoms with Crippen LogP contribution in [0.2, 0.25) is 0 Å². The number of nitrogens with zero attached hydrogens (tertiary/aromatic N) is 1. The van der Waals surface area contributed by atoms with Crippen LogP contribution in [-0.2, 0) is 4.79 Å². The largest absolute Gasteiger partial charge is 0.369 e. The molecule has 1 radical (unpaired) electrons. The molecule has 4 nitrogen and oxygen atoms in total. The van der Waals surface area contributed by atoms with Crippen LogP contribution < -0.4 is 5.73 Å². The van der Waals surface area contributed by atoms with Crippen molar-refractivity contribution in [3.05, 3.63) is 24.4 Å². The molecule has 1 rings (SSSR count). The second-order valence-corrected chi connectivity index (χ2v) is 1.46. The molecule has 0 aliphatic heterocycles. The molecule has 0 spiro atoms. The Kier molecular flexibility index (Phi) is 1.48. The molecule has 0 aliphatic carbocycles. The summed E-state index contributed by atoms with van der Waals surface area (Å²) in [4.78, 5) is 10.1. The fourth-order valence-electron chi connectivity index (χ4n) is 0.440. The van der Waals surface area contributed by atoms with E-state index >= 15 is 0 Å². The summed E-state index contributed by atoms with van der Waals surface area (Å²) in [5.41, 5.74) is 4.80. The van der Waals surface area contributed by atoms with Crippen molar-refractivity contribution < 1.29 is 9.32 Å². The standard InChI is InChI=1S/C5H5N2O2/c6-5(8)3-4-1-2-7-9-4/h1-3H,(H2,6,8). The second kappa shape index (κ2) is 2.30. The first-order chi connectivity index (χ1) is 4.29. The van der Waals surface area contributed by atoms with Gasteiger partial charge in [-0.1, -0.05) is 5.16 Å². The molecule has 1 aromatic heterocycles. The van der Waals surface area contributed by atoms with Crippen LogP contribution in [0.15, 0.2) is 16.8 Å². The van der Waals surface area contributed by atoms with Crippen LogP contribution in [0.5, 0.6) is 0 Å². The molecule has 0 saturated heterocycles. The van der Waals surface area contributed by atoms with Gasteiger partial charge in [-0.25, -0.2) is 0 Å². The Morgan fingerprint density at radius 2 is 2.67 bits per heavy atom. The fraction of sp³-hybridized carbons (Fsp3) is 0. The van der Waals surface area contributed by atoms with Crippen LogP contribution >= 0.6 is 0 Å².